The normalized spacial score (nSPS) is 12.9. The zero-order valence-corrected chi connectivity index (χ0v) is 13.1. The first-order chi connectivity index (χ1) is 9.58. The number of benzene rings is 1. The van der Waals surface area contributed by atoms with Crippen molar-refractivity contribution in [2.75, 3.05) is 20.1 Å². The predicted molar refractivity (Wildman–Crippen MR) is 74.7 cm³/mol. The van der Waals surface area contributed by atoms with Gasteiger partial charge in [0.2, 0.25) is 10.0 Å². The van der Waals surface area contributed by atoms with E-state index in [2.05, 4.69) is 5.32 Å². The third kappa shape index (κ3) is 5.14. The van der Waals surface area contributed by atoms with Crippen LogP contribution in [0.2, 0.25) is 5.02 Å². The molecule has 0 aliphatic heterocycles. The highest BCUT2D eigenvalue weighted by atomic mass is 35.5. The molecule has 120 valence electrons. The summed E-state index contributed by atoms with van der Waals surface area (Å²) in [5, 5.41) is 3.33. The minimum Gasteiger partial charge on any atom is -0.313 e. The summed E-state index contributed by atoms with van der Waals surface area (Å²) in [5.74, 6) is 0. The number of nitrogens with one attached hydrogen (secondary N) is 1. The molecule has 0 spiro atoms. The highest BCUT2D eigenvalue weighted by molar-refractivity contribution is 7.89. The van der Waals surface area contributed by atoms with Crippen molar-refractivity contribution in [3.8, 4) is 0 Å². The quantitative estimate of drug-likeness (QED) is 0.863. The molecule has 0 amide bonds. The van der Waals surface area contributed by atoms with Gasteiger partial charge in [0.15, 0.2) is 0 Å². The van der Waals surface area contributed by atoms with Gasteiger partial charge >= 0.3 is 6.18 Å². The predicted octanol–water partition coefficient (Wildman–Crippen LogP) is 2.63. The first kappa shape index (κ1) is 18.2. The van der Waals surface area contributed by atoms with Crippen molar-refractivity contribution in [1.82, 2.24) is 9.62 Å². The second kappa shape index (κ2) is 6.95. The molecule has 1 aromatic carbocycles. The molecule has 0 aliphatic carbocycles. The van der Waals surface area contributed by atoms with E-state index < -0.39 is 22.7 Å². The van der Waals surface area contributed by atoms with E-state index in [4.69, 9.17) is 11.6 Å². The lowest BCUT2D eigenvalue weighted by molar-refractivity contribution is -0.134. The summed E-state index contributed by atoms with van der Waals surface area (Å²) in [6.07, 6.45) is -4.60. The number of hydrogen-bond donors (Lipinski definition) is 1. The van der Waals surface area contributed by atoms with Crippen LogP contribution in [0.25, 0.3) is 0 Å². The van der Waals surface area contributed by atoms with Crippen molar-refractivity contribution < 1.29 is 21.6 Å². The SMILES string of the molecule is CCNCc1cc(S(=O)(=O)N(C)CC(F)(F)F)ccc1Cl. The minimum atomic E-state index is -4.60. The van der Waals surface area contributed by atoms with Crippen molar-refractivity contribution in [2.24, 2.45) is 0 Å². The molecule has 0 heterocycles. The third-order valence-electron chi connectivity index (χ3n) is 2.69. The Balaban J connectivity index is 3.08. The maximum absolute atomic E-state index is 12.3. The van der Waals surface area contributed by atoms with Gasteiger partial charge in [0, 0.05) is 18.6 Å². The molecule has 0 saturated carbocycles. The zero-order chi connectivity index (χ0) is 16.3. The fourth-order valence-corrected chi connectivity index (χ4v) is 3.02. The summed E-state index contributed by atoms with van der Waals surface area (Å²) in [7, 11) is -3.32. The van der Waals surface area contributed by atoms with Gasteiger partial charge in [-0.05, 0) is 30.3 Å². The molecular formula is C12H16ClF3N2O2S. The van der Waals surface area contributed by atoms with Crippen LogP contribution in [-0.4, -0.2) is 39.0 Å². The van der Waals surface area contributed by atoms with Crippen molar-refractivity contribution in [2.45, 2.75) is 24.5 Å². The van der Waals surface area contributed by atoms with E-state index in [0.717, 1.165) is 7.05 Å². The molecule has 1 N–H and O–H groups in total. The van der Waals surface area contributed by atoms with Crippen LogP contribution in [0.3, 0.4) is 0 Å². The number of sulfonamides is 1. The average Bonchev–Trinajstić information content (AvgIpc) is 2.35. The van der Waals surface area contributed by atoms with Gasteiger partial charge in [-0.2, -0.15) is 17.5 Å². The highest BCUT2D eigenvalue weighted by Crippen LogP contribution is 2.24. The van der Waals surface area contributed by atoms with E-state index in [1.165, 1.54) is 18.2 Å². The number of rotatable bonds is 6. The monoisotopic (exact) mass is 344 g/mol. The number of alkyl halides is 3. The van der Waals surface area contributed by atoms with Gasteiger partial charge in [0.05, 0.1) is 4.90 Å². The summed E-state index contributed by atoms with van der Waals surface area (Å²) in [5.41, 5.74) is 0.514. The van der Waals surface area contributed by atoms with Gasteiger partial charge < -0.3 is 5.32 Å². The number of halogens is 4. The maximum Gasteiger partial charge on any atom is 0.402 e. The van der Waals surface area contributed by atoms with Gasteiger partial charge in [-0.25, -0.2) is 8.42 Å². The van der Waals surface area contributed by atoms with Crippen LogP contribution in [0, 0.1) is 0 Å². The molecule has 4 nitrogen and oxygen atoms in total. The average molecular weight is 345 g/mol. The van der Waals surface area contributed by atoms with E-state index in [9.17, 15) is 21.6 Å². The molecule has 9 heteroatoms. The second-order valence-electron chi connectivity index (χ2n) is 4.41. The van der Waals surface area contributed by atoms with Crippen LogP contribution in [0.1, 0.15) is 12.5 Å². The molecule has 0 fully saturated rings. The van der Waals surface area contributed by atoms with Gasteiger partial charge in [-0.1, -0.05) is 18.5 Å². The van der Waals surface area contributed by atoms with Crippen LogP contribution in [0.15, 0.2) is 23.1 Å². The molecule has 0 bridgehead atoms. The summed E-state index contributed by atoms with van der Waals surface area (Å²) >= 11 is 5.94. The Bertz CT molecular complexity index is 591. The van der Waals surface area contributed by atoms with E-state index in [0.29, 0.717) is 23.7 Å². The first-order valence-electron chi connectivity index (χ1n) is 6.10. The fraction of sp³-hybridized carbons (Fsp3) is 0.500. The molecule has 0 atom stereocenters. The van der Waals surface area contributed by atoms with Crippen molar-refractivity contribution in [3.63, 3.8) is 0 Å². The standard InChI is InChI=1S/C12H16ClF3N2O2S/c1-3-17-7-9-6-10(4-5-11(9)13)21(19,20)18(2)8-12(14,15)16/h4-6,17H,3,7-8H2,1-2H3. The van der Waals surface area contributed by atoms with E-state index in [-0.39, 0.29) is 9.20 Å². The van der Waals surface area contributed by atoms with Gasteiger partial charge in [-0.15, -0.1) is 0 Å². The third-order valence-corrected chi connectivity index (χ3v) is 4.86. The van der Waals surface area contributed by atoms with Crippen LogP contribution in [-0.2, 0) is 16.6 Å². The van der Waals surface area contributed by atoms with Gasteiger partial charge in [0.1, 0.15) is 6.54 Å². The summed E-state index contributed by atoms with van der Waals surface area (Å²) in [6, 6.07) is 3.84. The van der Waals surface area contributed by atoms with E-state index in [1.807, 2.05) is 6.92 Å². The van der Waals surface area contributed by atoms with Crippen molar-refractivity contribution >= 4 is 21.6 Å². The lowest BCUT2D eigenvalue weighted by atomic mass is 10.2. The Morgan fingerprint density at radius 2 is 1.95 bits per heavy atom. The van der Waals surface area contributed by atoms with Gasteiger partial charge in [-0.3, -0.25) is 0 Å². The molecule has 0 radical (unpaired) electrons. The van der Waals surface area contributed by atoms with Crippen molar-refractivity contribution in [1.29, 1.82) is 0 Å². The molecule has 0 aromatic heterocycles. The van der Waals surface area contributed by atoms with Gasteiger partial charge in [0.25, 0.3) is 0 Å². The smallest absolute Gasteiger partial charge is 0.313 e. The highest BCUT2D eigenvalue weighted by Gasteiger charge is 2.34. The topological polar surface area (TPSA) is 49.4 Å². The Hall–Kier alpha value is -0.830. The van der Waals surface area contributed by atoms with E-state index in [1.54, 1.807) is 0 Å². The van der Waals surface area contributed by atoms with Crippen LogP contribution >= 0.6 is 11.6 Å². The van der Waals surface area contributed by atoms with Crippen LogP contribution < -0.4 is 5.32 Å². The zero-order valence-electron chi connectivity index (χ0n) is 11.5. The Labute approximate surface area is 126 Å². The lowest BCUT2D eigenvalue weighted by Gasteiger charge is -2.19. The summed E-state index contributed by atoms with van der Waals surface area (Å²) in [6.45, 7) is 1.31. The molecular weight excluding hydrogens is 329 g/mol. The second-order valence-corrected chi connectivity index (χ2v) is 6.86. The summed E-state index contributed by atoms with van der Waals surface area (Å²) < 4.78 is 61.5. The van der Waals surface area contributed by atoms with E-state index >= 15 is 0 Å². The number of hydrogen-bond acceptors (Lipinski definition) is 3. The Morgan fingerprint density at radius 1 is 1.33 bits per heavy atom. The van der Waals surface area contributed by atoms with Crippen molar-refractivity contribution in [3.05, 3.63) is 28.8 Å². The molecule has 0 unspecified atom stereocenters. The lowest BCUT2D eigenvalue weighted by Crippen LogP contribution is -2.35. The largest absolute Gasteiger partial charge is 0.402 e. The molecule has 0 aliphatic rings. The maximum atomic E-state index is 12.3. The molecule has 21 heavy (non-hydrogen) atoms. The summed E-state index contributed by atoms with van der Waals surface area (Å²) in [4.78, 5) is -0.216. The fourth-order valence-electron chi connectivity index (χ4n) is 1.62. The molecule has 1 aromatic rings. The van der Waals surface area contributed by atoms with Crippen LogP contribution in [0.4, 0.5) is 13.2 Å². The number of nitrogens with zero attached hydrogens (tertiary/aromatic N) is 1. The minimum absolute atomic E-state index is 0.216. The van der Waals surface area contributed by atoms with Crippen LogP contribution in [0.5, 0.6) is 0 Å². The molecule has 1 rings (SSSR count). The first-order valence-corrected chi connectivity index (χ1v) is 7.92. The Morgan fingerprint density at radius 3 is 2.48 bits per heavy atom. The Kier molecular flexibility index (Phi) is 6.03. The molecule has 0 saturated heterocycles.